The van der Waals surface area contributed by atoms with Gasteiger partial charge in [-0.1, -0.05) is 108 Å². The third-order valence-electron chi connectivity index (χ3n) is 5.89. The van der Waals surface area contributed by atoms with E-state index in [0.29, 0.717) is 22.5 Å². The van der Waals surface area contributed by atoms with Gasteiger partial charge >= 0.3 is 0 Å². The standard InChI is InChI=1S/C27H21ClN4O2/c1-34-26-25-22(18-29-33)30-24(28)17-23(25)32(31-26)27(19-11-5-2-6-12-19,20-13-7-3-8-14-20)21-15-9-4-10-16-21/h2-18,33H,1H3. The Kier molecular flexibility index (Phi) is 5.74. The molecule has 168 valence electrons. The van der Waals surface area contributed by atoms with Gasteiger partial charge in [0.25, 0.3) is 0 Å². The molecule has 0 spiro atoms. The van der Waals surface area contributed by atoms with E-state index in [1.165, 1.54) is 6.21 Å². The molecule has 0 radical (unpaired) electrons. The fourth-order valence-electron chi connectivity index (χ4n) is 4.55. The zero-order valence-electron chi connectivity index (χ0n) is 18.3. The van der Waals surface area contributed by atoms with Crippen LogP contribution in [-0.4, -0.2) is 33.3 Å². The molecule has 0 fully saturated rings. The smallest absolute Gasteiger partial charge is 0.242 e. The number of methoxy groups -OCH3 is 1. The van der Waals surface area contributed by atoms with Gasteiger partial charge in [-0.05, 0) is 16.7 Å². The summed E-state index contributed by atoms with van der Waals surface area (Å²) in [4.78, 5) is 4.34. The lowest BCUT2D eigenvalue weighted by Crippen LogP contribution is -2.38. The Balaban J connectivity index is 2.01. The molecule has 0 atom stereocenters. The molecular formula is C27H21ClN4O2. The number of nitrogens with zero attached hydrogens (tertiary/aromatic N) is 4. The molecule has 3 aromatic carbocycles. The van der Waals surface area contributed by atoms with E-state index in [1.807, 2.05) is 59.3 Å². The van der Waals surface area contributed by atoms with Crippen LogP contribution in [0.4, 0.5) is 0 Å². The van der Waals surface area contributed by atoms with Gasteiger partial charge in [-0.3, -0.25) is 0 Å². The van der Waals surface area contributed by atoms with E-state index < -0.39 is 5.54 Å². The first kappa shape index (κ1) is 21.7. The monoisotopic (exact) mass is 468 g/mol. The molecule has 0 amide bonds. The molecule has 0 saturated heterocycles. The largest absolute Gasteiger partial charge is 0.479 e. The van der Waals surface area contributed by atoms with Crippen molar-refractivity contribution in [2.24, 2.45) is 5.16 Å². The van der Waals surface area contributed by atoms with Gasteiger partial charge in [0.05, 0.1) is 24.2 Å². The van der Waals surface area contributed by atoms with Crippen molar-refractivity contribution in [2.45, 2.75) is 5.54 Å². The second-order valence-electron chi connectivity index (χ2n) is 7.70. The lowest BCUT2D eigenvalue weighted by Gasteiger charge is -2.36. The maximum atomic E-state index is 9.25. The fraction of sp³-hybridized carbons (Fsp3) is 0.0741. The minimum absolute atomic E-state index is 0.245. The number of pyridine rings is 1. The van der Waals surface area contributed by atoms with Crippen molar-refractivity contribution >= 4 is 28.7 Å². The normalized spacial score (nSPS) is 11.8. The summed E-state index contributed by atoms with van der Waals surface area (Å²) in [7, 11) is 1.55. The Bertz CT molecular complexity index is 1360. The lowest BCUT2D eigenvalue weighted by atomic mass is 9.77. The quantitative estimate of drug-likeness (QED) is 0.113. The average Bonchev–Trinajstić information content (AvgIpc) is 3.25. The number of halogens is 1. The molecule has 1 N–H and O–H groups in total. The van der Waals surface area contributed by atoms with E-state index >= 15 is 0 Å². The fourth-order valence-corrected chi connectivity index (χ4v) is 4.75. The molecule has 7 heteroatoms. The number of hydrogen-bond acceptors (Lipinski definition) is 5. The van der Waals surface area contributed by atoms with Gasteiger partial charge in [-0.25, -0.2) is 9.67 Å². The summed E-state index contributed by atoms with van der Waals surface area (Å²) in [6.45, 7) is 0. The highest BCUT2D eigenvalue weighted by atomic mass is 35.5. The second-order valence-corrected chi connectivity index (χ2v) is 8.09. The van der Waals surface area contributed by atoms with Gasteiger partial charge < -0.3 is 9.94 Å². The van der Waals surface area contributed by atoms with E-state index in [0.717, 1.165) is 16.7 Å². The summed E-state index contributed by atoms with van der Waals surface area (Å²) in [5.74, 6) is 0.348. The van der Waals surface area contributed by atoms with Gasteiger partial charge in [0, 0.05) is 6.07 Å². The van der Waals surface area contributed by atoms with Crippen molar-refractivity contribution < 1.29 is 9.94 Å². The summed E-state index contributed by atoms with van der Waals surface area (Å²) >= 11 is 6.44. The Hall–Kier alpha value is -4.16. The average molecular weight is 469 g/mol. The van der Waals surface area contributed by atoms with Crippen molar-refractivity contribution in [3.8, 4) is 5.88 Å². The topological polar surface area (TPSA) is 72.5 Å². The Labute approximate surface area is 201 Å². The third kappa shape index (κ3) is 3.40. The molecule has 5 rings (SSSR count). The minimum atomic E-state index is -0.864. The van der Waals surface area contributed by atoms with Crippen LogP contribution in [0.25, 0.3) is 10.9 Å². The number of ether oxygens (including phenoxy) is 1. The van der Waals surface area contributed by atoms with E-state index in [-0.39, 0.29) is 5.15 Å². The summed E-state index contributed by atoms with van der Waals surface area (Å²) < 4.78 is 7.60. The van der Waals surface area contributed by atoms with Gasteiger partial charge in [-0.2, -0.15) is 0 Å². The maximum absolute atomic E-state index is 9.25. The SMILES string of the molecule is COc1nn(C(c2ccccc2)(c2ccccc2)c2ccccc2)c2cc(Cl)nc(C=NO)c12. The first-order valence-corrected chi connectivity index (χ1v) is 11.1. The van der Waals surface area contributed by atoms with Crippen LogP contribution in [0, 0.1) is 0 Å². The molecule has 5 aromatic rings. The summed E-state index contributed by atoms with van der Waals surface area (Å²) in [6.07, 6.45) is 1.23. The van der Waals surface area contributed by atoms with Crippen LogP contribution in [0.2, 0.25) is 5.15 Å². The third-order valence-corrected chi connectivity index (χ3v) is 6.09. The molecule has 6 nitrogen and oxygen atoms in total. The van der Waals surface area contributed by atoms with E-state index in [2.05, 4.69) is 46.5 Å². The lowest BCUT2D eigenvalue weighted by molar-refractivity contribution is 0.321. The number of hydrogen-bond donors (Lipinski definition) is 1. The molecule has 0 aliphatic heterocycles. The molecule has 0 aliphatic rings. The number of benzene rings is 3. The summed E-state index contributed by atoms with van der Waals surface area (Å²) in [5, 5.41) is 18.2. The van der Waals surface area contributed by atoms with Crippen molar-refractivity contribution in [3.63, 3.8) is 0 Å². The Morgan fingerprint density at radius 1 is 0.882 bits per heavy atom. The number of rotatable bonds is 6. The van der Waals surface area contributed by atoms with Gasteiger partial charge in [0.1, 0.15) is 16.4 Å². The summed E-state index contributed by atoms with van der Waals surface area (Å²) in [5.41, 5.74) is 3.19. The van der Waals surface area contributed by atoms with Gasteiger partial charge in [0.2, 0.25) is 5.88 Å². The molecule has 0 saturated carbocycles. The highest BCUT2D eigenvalue weighted by Crippen LogP contribution is 2.44. The molecule has 2 heterocycles. The number of oxime groups is 1. The zero-order valence-corrected chi connectivity index (χ0v) is 19.1. The highest BCUT2D eigenvalue weighted by molar-refractivity contribution is 6.30. The predicted octanol–water partition coefficient (Wildman–Crippen LogP) is 5.74. The molecular weight excluding hydrogens is 448 g/mol. The van der Waals surface area contributed by atoms with Crippen LogP contribution in [0.15, 0.2) is 102 Å². The first-order valence-electron chi connectivity index (χ1n) is 10.7. The first-order chi connectivity index (χ1) is 16.7. The van der Waals surface area contributed by atoms with Crippen LogP contribution in [0.5, 0.6) is 5.88 Å². The van der Waals surface area contributed by atoms with E-state index in [9.17, 15) is 5.21 Å². The number of aromatic nitrogens is 3. The van der Waals surface area contributed by atoms with Crippen LogP contribution >= 0.6 is 11.6 Å². The Morgan fingerprint density at radius 3 is 1.82 bits per heavy atom. The number of fused-ring (bicyclic) bond motifs is 1. The van der Waals surface area contributed by atoms with Crippen molar-refractivity contribution in [1.29, 1.82) is 0 Å². The molecule has 34 heavy (non-hydrogen) atoms. The van der Waals surface area contributed by atoms with Crippen molar-refractivity contribution in [3.05, 3.63) is 125 Å². The molecule has 2 aromatic heterocycles. The highest BCUT2D eigenvalue weighted by Gasteiger charge is 2.41. The molecule has 0 aliphatic carbocycles. The molecule has 0 bridgehead atoms. The van der Waals surface area contributed by atoms with Gasteiger partial charge in [0.15, 0.2) is 0 Å². The second kappa shape index (κ2) is 9.00. The van der Waals surface area contributed by atoms with Crippen LogP contribution in [0.3, 0.4) is 0 Å². The Morgan fingerprint density at radius 2 is 1.38 bits per heavy atom. The predicted molar refractivity (Wildman–Crippen MR) is 133 cm³/mol. The van der Waals surface area contributed by atoms with Crippen molar-refractivity contribution in [2.75, 3.05) is 7.11 Å². The zero-order chi connectivity index (χ0) is 23.5. The maximum Gasteiger partial charge on any atom is 0.242 e. The minimum Gasteiger partial charge on any atom is -0.479 e. The van der Waals surface area contributed by atoms with Crippen LogP contribution < -0.4 is 4.74 Å². The summed E-state index contributed by atoms with van der Waals surface area (Å²) in [6, 6.07) is 32.3. The van der Waals surface area contributed by atoms with E-state index in [1.54, 1.807) is 13.2 Å². The molecule has 0 unspecified atom stereocenters. The van der Waals surface area contributed by atoms with Crippen LogP contribution in [0.1, 0.15) is 22.4 Å². The van der Waals surface area contributed by atoms with Gasteiger partial charge in [-0.15, -0.1) is 5.10 Å². The van der Waals surface area contributed by atoms with Crippen molar-refractivity contribution in [1.82, 2.24) is 14.8 Å². The van der Waals surface area contributed by atoms with Crippen LogP contribution in [-0.2, 0) is 5.54 Å². The van der Waals surface area contributed by atoms with E-state index in [4.69, 9.17) is 21.4 Å².